The predicted octanol–water partition coefficient (Wildman–Crippen LogP) is 4.87. The molecule has 0 saturated carbocycles. The van der Waals surface area contributed by atoms with Crippen molar-refractivity contribution in [2.24, 2.45) is 5.41 Å². The molecule has 0 saturated heterocycles. The molecule has 1 aliphatic rings. The van der Waals surface area contributed by atoms with Crippen LogP contribution in [0.2, 0.25) is 0 Å². The van der Waals surface area contributed by atoms with Gasteiger partial charge in [0.1, 0.15) is 0 Å². The van der Waals surface area contributed by atoms with Gasteiger partial charge in [-0.15, -0.1) is 22.9 Å². The van der Waals surface area contributed by atoms with Crippen LogP contribution in [0.4, 0.5) is 0 Å². The molecular weight excluding hydrogens is 224 g/mol. The maximum Gasteiger partial charge on any atom is 0.0527 e. The van der Waals surface area contributed by atoms with Crippen molar-refractivity contribution in [2.45, 2.75) is 39.0 Å². The summed E-state index contributed by atoms with van der Waals surface area (Å²) < 4.78 is 0. The van der Waals surface area contributed by atoms with Gasteiger partial charge < -0.3 is 0 Å². The fraction of sp³-hybridized carbons (Fsp3) is 0.538. The van der Waals surface area contributed by atoms with Gasteiger partial charge in [0.15, 0.2) is 0 Å². The molecule has 0 fully saturated rings. The average Bonchev–Trinajstić information content (AvgIpc) is 2.48. The van der Waals surface area contributed by atoms with E-state index >= 15 is 0 Å². The van der Waals surface area contributed by atoms with Gasteiger partial charge >= 0.3 is 0 Å². The van der Waals surface area contributed by atoms with Crippen LogP contribution in [0.25, 0.3) is 5.57 Å². The van der Waals surface area contributed by atoms with Crippen molar-refractivity contribution in [3.63, 3.8) is 0 Å². The van der Waals surface area contributed by atoms with Crippen LogP contribution in [0.15, 0.2) is 18.2 Å². The smallest absolute Gasteiger partial charge is 0.0527 e. The topological polar surface area (TPSA) is 0 Å². The van der Waals surface area contributed by atoms with E-state index in [1.807, 2.05) is 11.3 Å². The van der Waals surface area contributed by atoms with E-state index in [0.29, 0.717) is 5.41 Å². The summed E-state index contributed by atoms with van der Waals surface area (Å²) in [6.07, 6.45) is 4.47. The average molecular weight is 241 g/mol. The Balaban J connectivity index is 2.29. The molecule has 1 atom stereocenters. The fourth-order valence-corrected chi connectivity index (χ4v) is 3.69. The highest BCUT2D eigenvalue weighted by Crippen LogP contribution is 2.42. The highest BCUT2D eigenvalue weighted by atomic mass is 35.5. The number of rotatable bonds is 1. The zero-order chi connectivity index (χ0) is 11.1. The molecule has 0 amide bonds. The molecule has 1 heterocycles. The minimum Gasteiger partial charge on any atom is -0.141 e. The summed E-state index contributed by atoms with van der Waals surface area (Å²) >= 11 is 8.15. The predicted molar refractivity (Wildman–Crippen MR) is 69.7 cm³/mol. The van der Waals surface area contributed by atoms with E-state index < -0.39 is 0 Å². The first-order valence-corrected chi connectivity index (χ1v) is 6.63. The second kappa shape index (κ2) is 3.95. The van der Waals surface area contributed by atoms with Crippen molar-refractivity contribution in [3.8, 4) is 0 Å². The summed E-state index contributed by atoms with van der Waals surface area (Å²) in [6.45, 7) is 6.76. The molecule has 0 aromatic carbocycles. The van der Waals surface area contributed by atoms with Gasteiger partial charge in [-0.3, -0.25) is 0 Å². The zero-order valence-corrected chi connectivity index (χ0v) is 11.1. The first-order valence-electron chi connectivity index (χ1n) is 5.38. The lowest BCUT2D eigenvalue weighted by atomic mass is 9.77. The molecule has 2 heteroatoms. The van der Waals surface area contributed by atoms with Crippen LogP contribution in [-0.4, -0.2) is 5.38 Å². The third-order valence-electron chi connectivity index (χ3n) is 2.86. The summed E-state index contributed by atoms with van der Waals surface area (Å²) in [5.41, 5.74) is 1.78. The van der Waals surface area contributed by atoms with E-state index in [9.17, 15) is 0 Å². The summed E-state index contributed by atoms with van der Waals surface area (Å²) in [6, 6.07) is 4.41. The number of allylic oxidation sites excluding steroid dienone is 2. The third-order valence-corrected chi connectivity index (χ3v) is 4.21. The van der Waals surface area contributed by atoms with Gasteiger partial charge in [-0.2, -0.15) is 0 Å². The van der Waals surface area contributed by atoms with Gasteiger partial charge in [-0.05, 0) is 42.9 Å². The lowest BCUT2D eigenvalue weighted by Gasteiger charge is -2.32. The molecule has 1 aromatic rings. The number of hydrogen-bond acceptors (Lipinski definition) is 1. The van der Waals surface area contributed by atoms with Crippen LogP contribution in [0.5, 0.6) is 0 Å². The minimum atomic E-state index is 0.200. The Morgan fingerprint density at radius 1 is 1.40 bits per heavy atom. The standard InChI is InChI=1S/C13H17ClS/c1-9-4-5-12(15-9)10-6-11(14)8-13(2,3)7-10/h4-6,11H,7-8H2,1-3H3. The SMILES string of the molecule is Cc1ccc(C2=CC(Cl)CC(C)(C)C2)s1. The highest BCUT2D eigenvalue weighted by molar-refractivity contribution is 7.13. The van der Waals surface area contributed by atoms with E-state index in [-0.39, 0.29) is 5.38 Å². The van der Waals surface area contributed by atoms with Gasteiger partial charge in [-0.25, -0.2) is 0 Å². The zero-order valence-electron chi connectivity index (χ0n) is 9.51. The molecule has 82 valence electrons. The molecule has 2 rings (SSSR count). The fourth-order valence-electron chi connectivity index (χ4n) is 2.23. The number of alkyl halides is 1. The molecule has 0 bridgehead atoms. The summed E-state index contributed by atoms with van der Waals surface area (Å²) in [5.74, 6) is 0. The molecular formula is C13H17ClS. The summed E-state index contributed by atoms with van der Waals surface area (Å²) in [5, 5.41) is 0.200. The molecule has 0 nitrogen and oxygen atoms in total. The number of aryl methyl sites for hydroxylation is 1. The Hall–Kier alpha value is -0.270. The largest absolute Gasteiger partial charge is 0.141 e. The first-order chi connectivity index (χ1) is 6.96. The normalized spacial score (nSPS) is 25.1. The molecule has 0 aliphatic heterocycles. The second-order valence-corrected chi connectivity index (χ2v) is 7.01. The van der Waals surface area contributed by atoms with Gasteiger partial charge in [-0.1, -0.05) is 19.9 Å². The van der Waals surface area contributed by atoms with Crippen LogP contribution < -0.4 is 0 Å². The summed E-state index contributed by atoms with van der Waals surface area (Å²) in [4.78, 5) is 2.77. The van der Waals surface area contributed by atoms with Crippen molar-refractivity contribution in [1.29, 1.82) is 0 Å². The number of thiophene rings is 1. The summed E-state index contributed by atoms with van der Waals surface area (Å²) in [7, 11) is 0. The van der Waals surface area contributed by atoms with Crippen LogP contribution in [0, 0.1) is 12.3 Å². The maximum absolute atomic E-state index is 6.28. The molecule has 0 spiro atoms. The number of halogens is 1. The second-order valence-electron chi connectivity index (χ2n) is 5.16. The lowest BCUT2D eigenvalue weighted by Crippen LogP contribution is -2.21. The van der Waals surface area contributed by atoms with Crippen LogP contribution in [0.1, 0.15) is 36.4 Å². The van der Waals surface area contributed by atoms with E-state index in [1.165, 1.54) is 15.3 Å². The Morgan fingerprint density at radius 3 is 2.67 bits per heavy atom. The highest BCUT2D eigenvalue weighted by Gasteiger charge is 2.28. The van der Waals surface area contributed by atoms with E-state index in [2.05, 4.69) is 39.0 Å². The molecule has 0 N–H and O–H groups in total. The van der Waals surface area contributed by atoms with Crippen molar-refractivity contribution < 1.29 is 0 Å². The van der Waals surface area contributed by atoms with E-state index in [1.54, 1.807) is 0 Å². The van der Waals surface area contributed by atoms with Crippen molar-refractivity contribution in [3.05, 3.63) is 28.0 Å². The molecule has 1 aromatic heterocycles. The van der Waals surface area contributed by atoms with E-state index in [4.69, 9.17) is 11.6 Å². The first kappa shape index (κ1) is 11.2. The maximum atomic E-state index is 6.28. The van der Waals surface area contributed by atoms with Crippen molar-refractivity contribution in [1.82, 2.24) is 0 Å². The molecule has 0 radical (unpaired) electrons. The quantitative estimate of drug-likeness (QED) is 0.615. The molecule has 1 unspecified atom stereocenters. The Labute approximate surface area is 101 Å². The van der Waals surface area contributed by atoms with Crippen LogP contribution in [0.3, 0.4) is 0 Å². The van der Waals surface area contributed by atoms with Gasteiger partial charge in [0.2, 0.25) is 0 Å². The Morgan fingerprint density at radius 2 is 2.13 bits per heavy atom. The minimum absolute atomic E-state index is 0.200. The molecule has 15 heavy (non-hydrogen) atoms. The molecule has 1 aliphatic carbocycles. The van der Waals surface area contributed by atoms with Gasteiger partial charge in [0.25, 0.3) is 0 Å². The van der Waals surface area contributed by atoms with Crippen LogP contribution >= 0.6 is 22.9 Å². The van der Waals surface area contributed by atoms with Crippen molar-refractivity contribution in [2.75, 3.05) is 0 Å². The number of hydrogen-bond donors (Lipinski definition) is 0. The Kier molecular flexibility index (Phi) is 2.96. The van der Waals surface area contributed by atoms with Crippen LogP contribution in [-0.2, 0) is 0 Å². The van der Waals surface area contributed by atoms with Crippen molar-refractivity contribution >= 4 is 28.5 Å². The monoisotopic (exact) mass is 240 g/mol. The van der Waals surface area contributed by atoms with E-state index in [0.717, 1.165) is 12.8 Å². The van der Waals surface area contributed by atoms with Gasteiger partial charge in [0.05, 0.1) is 5.38 Å². The van der Waals surface area contributed by atoms with Gasteiger partial charge in [0, 0.05) is 9.75 Å². The Bertz CT molecular complexity index is 387. The third kappa shape index (κ3) is 2.64. The lowest BCUT2D eigenvalue weighted by molar-refractivity contribution is 0.341.